The number of halogens is 1. The van der Waals surface area contributed by atoms with Crippen LogP contribution in [-0.2, 0) is 6.42 Å². The average molecular weight is 258 g/mol. The molecule has 0 aliphatic carbocycles. The van der Waals surface area contributed by atoms with Crippen molar-refractivity contribution in [1.29, 1.82) is 0 Å². The fourth-order valence-electron chi connectivity index (χ4n) is 1.40. The number of aryl methyl sites for hydroxylation is 1. The van der Waals surface area contributed by atoms with Gasteiger partial charge in [0, 0.05) is 5.02 Å². The van der Waals surface area contributed by atoms with Gasteiger partial charge in [-0.05, 0) is 36.6 Å². The lowest BCUT2D eigenvalue weighted by Gasteiger charge is -2.16. The van der Waals surface area contributed by atoms with Crippen LogP contribution in [0.15, 0.2) is 18.2 Å². The fourth-order valence-corrected chi connectivity index (χ4v) is 1.87. The minimum absolute atomic E-state index is 0.208. The van der Waals surface area contributed by atoms with E-state index in [1.807, 2.05) is 25.1 Å². The lowest BCUT2D eigenvalue weighted by Crippen LogP contribution is -2.31. The van der Waals surface area contributed by atoms with Crippen molar-refractivity contribution in [2.45, 2.75) is 32.8 Å². The van der Waals surface area contributed by atoms with Gasteiger partial charge in [-0.1, -0.05) is 37.7 Å². The summed E-state index contributed by atoms with van der Waals surface area (Å²) in [5.41, 5.74) is 6.64. The van der Waals surface area contributed by atoms with Crippen LogP contribution >= 0.6 is 23.8 Å². The number of rotatable bonds is 5. The first-order valence-electron chi connectivity index (χ1n) is 5.32. The van der Waals surface area contributed by atoms with Gasteiger partial charge in [-0.3, -0.25) is 0 Å². The molecule has 0 radical (unpaired) electrons. The van der Waals surface area contributed by atoms with Crippen LogP contribution in [0.2, 0.25) is 5.02 Å². The first kappa shape index (κ1) is 13.3. The fraction of sp³-hybridized carbons (Fsp3) is 0.417. The van der Waals surface area contributed by atoms with E-state index in [0.717, 1.165) is 29.2 Å². The molecule has 0 saturated carbocycles. The molecule has 4 heteroatoms. The minimum Gasteiger partial charge on any atom is -0.483 e. The third kappa shape index (κ3) is 3.35. The highest BCUT2D eigenvalue weighted by molar-refractivity contribution is 7.80. The summed E-state index contributed by atoms with van der Waals surface area (Å²) >= 11 is 11.0. The molecule has 0 saturated heterocycles. The van der Waals surface area contributed by atoms with Crippen LogP contribution in [0.1, 0.15) is 25.8 Å². The zero-order valence-electron chi connectivity index (χ0n) is 9.50. The summed E-state index contributed by atoms with van der Waals surface area (Å²) in [5, 5.41) is 0.762. The summed E-state index contributed by atoms with van der Waals surface area (Å²) < 4.78 is 5.70. The number of hydrogen-bond acceptors (Lipinski definition) is 2. The molecule has 0 aliphatic rings. The maximum absolute atomic E-state index is 6.02. The van der Waals surface area contributed by atoms with Crippen LogP contribution in [0.4, 0.5) is 0 Å². The second kappa shape index (κ2) is 6.06. The molecule has 16 heavy (non-hydrogen) atoms. The number of ether oxygens (including phenoxy) is 1. The Morgan fingerprint density at radius 2 is 2.19 bits per heavy atom. The Balaban J connectivity index is 2.84. The molecule has 88 valence electrons. The highest BCUT2D eigenvalue weighted by Crippen LogP contribution is 2.23. The molecule has 1 rings (SSSR count). The molecule has 1 aromatic rings. The summed E-state index contributed by atoms with van der Waals surface area (Å²) in [6.45, 7) is 4.04. The number of benzene rings is 1. The molecule has 0 spiro atoms. The Labute approximate surface area is 107 Å². The van der Waals surface area contributed by atoms with Crippen molar-refractivity contribution in [3.05, 3.63) is 28.8 Å². The summed E-state index contributed by atoms with van der Waals surface area (Å²) in [7, 11) is 0. The topological polar surface area (TPSA) is 35.2 Å². The third-order valence-corrected chi connectivity index (χ3v) is 3.00. The Bertz CT molecular complexity index is 381. The van der Waals surface area contributed by atoms with Crippen molar-refractivity contribution in [1.82, 2.24) is 0 Å². The second-order valence-corrected chi connectivity index (χ2v) is 4.40. The van der Waals surface area contributed by atoms with Crippen LogP contribution < -0.4 is 10.5 Å². The first-order valence-corrected chi connectivity index (χ1v) is 6.11. The van der Waals surface area contributed by atoms with E-state index in [0.29, 0.717) is 4.99 Å². The molecule has 0 amide bonds. The zero-order valence-corrected chi connectivity index (χ0v) is 11.1. The Morgan fingerprint density at radius 1 is 1.50 bits per heavy atom. The van der Waals surface area contributed by atoms with Gasteiger partial charge >= 0.3 is 0 Å². The SMILES string of the molecule is CCc1cc(OC(CC)C(N)=S)ccc1Cl. The van der Waals surface area contributed by atoms with Crippen LogP contribution in [0.25, 0.3) is 0 Å². The molecule has 1 unspecified atom stereocenters. The Morgan fingerprint density at radius 3 is 2.69 bits per heavy atom. The van der Waals surface area contributed by atoms with Gasteiger partial charge in [-0.25, -0.2) is 0 Å². The predicted molar refractivity (Wildman–Crippen MR) is 72.3 cm³/mol. The summed E-state index contributed by atoms with van der Waals surface area (Å²) in [4.78, 5) is 0.385. The van der Waals surface area contributed by atoms with E-state index in [-0.39, 0.29) is 6.10 Å². The molecule has 0 bridgehead atoms. The van der Waals surface area contributed by atoms with Crippen molar-refractivity contribution < 1.29 is 4.74 Å². The van der Waals surface area contributed by atoms with E-state index >= 15 is 0 Å². The van der Waals surface area contributed by atoms with Crippen molar-refractivity contribution in [2.75, 3.05) is 0 Å². The van der Waals surface area contributed by atoms with Crippen molar-refractivity contribution in [2.24, 2.45) is 5.73 Å². The largest absolute Gasteiger partial charge is 0.483 e. The molecule has 1 aromatic carbocycles. The Kier molecular flexibility index (Phi) is 5.03. The maximum Gasteiger partial charge on any atom is 0.148 e. The summed E-state index contributed by atoms with van der Waals surface area (Å²) in [6, 6.07) is 5.60. The highest BCUT2D eigenvalue weighted by Gasteiger charge is 2.11. The number of thiocarbonyl (C=S) groups is 1. The summed E-state index contributed by atoms with van der Waals surface area (Å²) in [5.74, 6) is 0.765. The van der Waals surface area contributed by atoms with E-state index in [1.54, 1.807) is 0 Å². The summed E-state index contributed by atoms with van der Waals surface area (Å²) in [6.07, 6.45) is 1.43. The predicted octanol–water partition coefficient (Wildman–Crippen LogP) is 3.35. The van der Waals surface area contributed by atoms with Crippen LogP contribution in [0.5, 0.6) is 5.75 Å². The highest BCUT2D eigenvalue weighted by atomic mass is 35.5. The first-order chi connectivity index (χ1) is 7.58. The van der Waals surface area contributed by atoms with Crippen LogP contribution in [0.3, 0.4) is 0 Å². The second-order valence-electron chi connectivity index (χ2n) is 3.52. The molecule has 0 aliphatic heterocycles. The maximum atomic E-state index is 6.02. The number of hydrogen-bond donors (Lipinski definition) is 1. The standard InChI is InChI=1S/C12H16ClNOS/c1-3-8-7-9(5-6-10(8)13)15-11(4-2)12(14)16/h5-7,11H,3-4H2,1-2H3,(H2,14,16). The Hall–Kier alpha value is -0.800. The van der Waals surface area contributed by atoms with Gasteiger partial charge in [0.1, 0.15) is 16.8 Å². The van der Waals surface area contributed by atoms with E-state index in [9.17, 15) is 0 Å². The monoisotopic (exact) mass is 257 g/mol. The van der Waals surface area contributed by atoms with Gasteiger partial charge < -0.3 is 10.5 Å². The van der Waals surface area contributed by atoms with Gasteiger partial charge in [0.25, 0.3) is 0 Å². The van der Waals surface area contributed by atoms with Crippen LogP contribution in [-0.4, -0.2) is 11.1 Å². The third-order valence-electron chi connectivity index (χ3n) is 2.36. The molecule has 1 atom stereocenters. The quantitative estimate of drug-likeness (QED) is 0.822. The van der Waals surface area contributed by atoms with Crippen molar-refractivity contribution in [3.63, 3.8) is 0 Å². The smallest absolute Gasteiger partial charge is 0.148 e. The number of nitrogens with two attached hydrogens (primary N) is 1. The van der Waals surface area contributed by atoms with Gasteiger partial charge in [0.15, 0.2) is 0 Å². The lowest BCUT2D eigenvalue weighted by molar-refractivity contribution is 0.264. The molecular weight excluding hydrogens is 242 g/mol. The molecule has 0 fully saturated rings. The molecular formula is C12H16ClNOS. The molecule has 2 nitrogen and oxygen atoms in total. The average Bonchev–Trinajstić information content (AvgIpc) is 2.27. The van der Waals surface area contributed by atoms with E-state index in [4.69, 9.17) is 34.3 Å². The van der Waals surface area contributed by atoms with Gasteiger partial charge in [0.05, 0.1) is 0 Å². The van der Waals surface area contributed by atoms with E-state index < -0.39 is 0 Å². The lowest BCUT2D eigenvalue weighted by atomic mass is 10.1. The van der Waals surface area contributed by atoms with E-state index in [1.165, 1.54) is 0 Å². The molecule has 0 heterocycles. The van der Waals surface area contributed by atoms with Gasteiger partial charge in [-0.2, -0.15) is 0 Å². The van der Waals surface area contributed by atoms with E-state index in [2.05, 4.69) is 6.92 Å². The van der Waals surface area contributed by atoms with Gasteiger partial charge in [0.2, 0.25) is 0 Å². The van der Waals surface area contributed by atoms with Crippen molar-refractivity contribution >= 4 is 28.8 Å². The molecule has 2 N–H and O–H groups in total. The minimum atomic E-state index is -0.208. The van der Waals surface area contributed by atoms with Crippen LogP contribution in [0, 0.1) is 0 Å². The normalized spacial score (nSPS) is 12.2. The van der Waals surface area contributed by atoms with Crippen molar-refractivity contribution in [3.8, 4) is 5.75 Å². The van der Waals surface area contributed by atoms with Gasteiger partial charge in [-0.15, -0.1) is 0 Å². The molecule has 0 aromatic heterocycles. The zero-order chi connectivity index (χ0) is 12.1.